The maximum Gasteiger partial charge on any atom is 0.325 e. The number of benzene rings is 1. The highest BCUT2D eigenvalue weighted by Crippen LogP contribution is 2.37. The van der Waals surface area contributed by atoms with Crippen LogP contribution in [-0.2, 0) is 11.0 Å². The van der Waals surface area contributed by atoms with Gasteiger partial charge >= 0.3 is 7.60 Å². The van der Waals surface area contributed by atoms with E-state index in [1.807, 2.05) is 42.7 Å². The van der Waals surface area contributed by atoms with Crippen molar-refractivity contribution >= 4 is 36.5 Å². The highest BCUT2D eigenvalue weighted by molar-refractivity contribution is 7.98. The summed E-state index contributed by atoms with van der Waals surface area (Å²) >= 11 is 3.12. The second kappa shape index (κ2) is 11.5. The zero-order valence-corrected chi connectivity index (χ0v) is 19.9. The number of ether oxygens (including phenoxy) is 1. The molecule has 2 aromatic rings. The zero-order valence-electron chi connectivity index (χ0n) is 17.4. The van der Waals surface area contributed by atoms with E-state index in [2.05, 4.69) is 0 Å². The molecule has 0 fully saturated rings. The first-order valence-electron chi connectivity index (χ1n) is 9.80. The van der Waals surface area contributed by atoms with Crippen LogP contribution in [0.5, 0.6) is 5.75 Å². The lowest BCUT2D eigenvalue weighted by Gasteiger charge is -2.24. The number of nitrogens with two attached hydrogens (primary N) is 1. The zero-order chi connectivity index (χ0) is 22.2. The van der Waals surface area contributed by atoms with Gasteiger partial charge in [0.15, 0.2) is 5.78 Å². The Morgan fingerprint density at radius 3 is 2.73 bits per heavy atom. The number of carbonyl (C=O) groups excluding carboxylic acids is 1. The van der Waals surface area contributed by atoms with E-state index < -0.39 is 13.1 Å². The molecule has 0 spiro atoms. The standard InChI is InChI=1S/C21H30NO5PS2/c1-21(22,12-14-28(24,25)26)11-10-17-8-9-20(30-17)19(23)7-4-13-27-16-5-3-6-18(15-16)29-2/h3,5-6,8-9,15H,4,7,10-14,22H2,1-2H3,(H2,24,25,26). The van der Waals surface area contributed by atoms with Gasteiger partial charge in [0.1, 0.15) is 5.75 Å². The minimum absolute atomic E-state index is 0.102. The van der Waals surface area contributed by atoms with Crippen LogP contribution in [-0.4, -0.2) is 40.1 Å². The molecule has 0 bridgehead atoms. The molecule has 1 atom stereocenters. The third kappa shape index (κ3) is 9.33. The van der Waals surface area contributed by atoms with Gasteiger partial charge in [-0.3, -0.25) is 9.36 Å². The lowest BCUT2D eigenvalue weighted by Crippen LogP contribution is -2.37. The van der Waals surface area contributed by atoms with Crippen LogP contribution in [0.1, 0.15) is 47.2 Å². The smallest absolute Gasteiger partial charge is 0.325 e. The van der Waals surface area contributed by atoms with Gasteiger partial charge in [0.2, 0.25) is 0 Å². The Morgan fingerprint density at radius 1 is 1.27 bits per heavy atom. The molecule has 2 rings (SSSR count). The molecule has 0 aliphatic heterocycles. The van der Waals surface area contributed by atoms with Crippen LogP contribution in [0.4, 0.5) is 0 Å². The van der Waals surface area contributed by atoms with E-state index in [4.69, 9.17) is 20.3 Å². The van der Waals surface area contributed by atoms with Crippen LogP contribution in [0.15, 0.2) is 41.3 Å². The minimum Gasteiger partial charge on any atom is -0.494 e. The summed E-state index contributed by atoms with van der Waals surface area (Å²) in [6, 6.07) is 11.7. The summed E-state index contributed by atoms with van der Waals surface area (Å²) in [5, 5.41) is 0. The summed E-state index contributed by atoms with van der Waals surface area (Å²) in [6.07, 6.45) is 4.43. The molecule has 0 aliphatic rings. The van der Waals surface area contributed by atoms with E-state index in [1.54, 1.807) is 18.7 Å². The Bertz CT molecular complexity index is 878. The second-order valence-electron chi connectivity index (χ2n) is 7.61. The molecule has 1 unspecified atom stereocenters. The molecule has 30 heavy (non-hydrogen) atoms. The maximum atomic E-state index is 12.4. The number of aryl methyl sites for hydroxylation is 1. The van der Waals surface area contributed by atoms with Crippen molar-refractivity contribution in [2.45, 2.75) is 49.5 Å². The van der Waals surface area contributed by atoms with Gasteiger partial charge in [0.25, 0.3) is 0 Å². The Balaban J connectivity index is 1.74. The van der Waals surface area contributed by atoms with Gasteiger partial charge in [-0.1, -0.05) is 6.07 Å². The molecule has 1 aromatic carbocycles. The molecular weight excluding hydrogens is 441 g/mol. The first kappa shape index (κ1) is 25.1. The van der Waals surface area contributed by atoms with Crippen molar-refractivity contribution in [2.24, 2.45) is 5.73 Å². The molecule has 1 aromatic heterocycles. The Hall–Kier alpha value is -1.15. The van der Waals surface area contributed by atoms with Gasteiger partial charge < -0.3 is 20.3 Å². The lowest BCUT2D eigenvalue weighted by molar-refractivity contribution is 0.0977. The van der Waals surface area contributed by atoms with Gasteiger partial charge in [-0.05, 0) is 69.2 Å². The van der Waals surface area contributed by atoms with Crippen LogP contribution < -0.4 is 10.5 Å². The SMILES string of the molecule is CSc1cccc(OCCCC(=O)c2ccc(CCC(C)(N)CCP(=O)(O)O)s2)c1. The summed E-state index contributed by atoms with van der Waals surface area (Å²) < 4.78 is 16.8. The highest BCUT2D eigenvalue weighted by Gasteiger charge is 2.24. The fourth-order valence-corrected chi connectivity index (χ4v) is 5.06. The molecule has 4 N–H and O–H groups in total. The van der Waals surface area contributed by atoms with Crippen molar-refractivity contribution in [1.29, 1.82) is 0 Å². The van der Waals surface area contributed by atoms with Crippen molar-refractivity contribution in [3.05, 3.63) is 46.2 Å². The monoisotopic (exact) mass is 471 g/mol. The molecule has 0 saturated heterocycles. The third-order valence-corrected chi connectivity index (χ3v) is 7.43. The molecule has 166 valence electrons. The van der Waals surface area contributed by atoms with Crippen LogP contribution in [0.2, 0.25) is 0 Å². The Kier molecular flexibility index (Phi) is 9.60. The molecule has 1 heterocycles. The van der Waals surface area contributed by atoms with E-state index in [-0.39, 0.29) is 18.4 Å². The lowest BCUT2D eigenvalue weighted by atomic mass is 9.94. The number of thiophene rings is 1. The molecule has 9 heteroatoms. The number of hydrogen-bond acceptors (Lipinski definition) is 6. The van der Waals surface area contributed by atoms with Gasteiger partial charge in [-0.15, -0.1) is 23.1 Å². The van der Waals surface area contributed by atoms with Crippen molar-refractivity contribution in [2.75, 3.05) is 19.0 Å². The molecular formula is C21H30NO5PS2. The average Bonchev–Trinajstić information content (AvgIpc) is 3.17. The quantitative estimate of drug-likeness (QED) is 0.168. The second-order valence-corrected chi connectivity index (χ2v) is 11.4. The summed E-state index contributed by atoms with van der Waals surface area (Å²) in [4.78, 5) is 33.4. The number of hydrogen-bond donors (Lipinski definition) is 3. The van der Waals surface area contributed by atoms with Gasteiger partial charge in [0, 0.05) is 21.7 Å². The van der Waals surface area contributed by atoms with Crippen LogP contribution in [0.25, 0.3) is 0 Å². The summed E-state index contributed by atoms with van der Waals surface area (Å²) in [7, 11) is -4.04. The van der Waals surface area contributed by atoms with Crippen molar-refractivity contribution in [3.63, 3.8) is 0 Å². The van der Waals surface area contributed by atoms with Gasteiger partial charge in [-0.25, -0.2) is 0 Å². The van der Waals surface area contributed by atoms with Crippen molar-refractivity contribution in [1.82, 2.24) is 0 Å². The normalized spacial score (nSPS) is 13.8. The van der Waals surface area contributed by atoms with Crippen LogP contribution in [0, 0.1) is 0 Å². The molecule has 0 saturated carbocycles. The van der Waals surface area contributed by atoms with Gasteiger partial charge in [-0.2, -0.15) is 0 Å². The predicted molar refractivity (Wildman–Crippen MR) is 124 cm³/mol. The molecule has 0 radical (unpaired) electrons. The van der Waals surface area contributed by atoms with E-state index in [0.29, 0.717) is 32.3 Å². The first-order chi connectivity index (χ1) is 14.1. The summed E-state index contributed by atoms with van der Waals surface area (Å²) in [5.74, 6) is 0.918. The fraction of sp³-hybridized carbons (Fsp3) is 0.476. The number of Topliss-reactive ketones (excluding diaryl/α,β-unsaturated/α-hetero) is 1. The maximum absolute atomic E-state index is 12.4. The van der Waals surface area contributed by atoms with Crippen molar-refractivity contribution < 1.29 is 23.9 Å². The summed E-state index contributed by atoms with van der Waals surface area (Å²) in [6.45, 7) is 2.30. The van der Waals surface area contributed by atoms with Crippen LogP contribution in [0.3, 0.4) is 0 Å². The van der Waals surface area contributed by atoms with E-state index in [9.17, 15) is 9.36 Å². The van der Waals surface area contributed by atoms with E-state index in [0.717, 1.165) is 20.4 Å². The largest absolute Gasteiger partial charge is 0.494 e. The third-order valence-electron chi connectivity index (χ3n) is 4.71. The average molecular weight is 472 g/mol. The topological polar surface area (TPSA) is 110 Å². The van der Waals surface area contributed by atoms with Crippen LogP contribution >= 0.6 is 30.7 Å². The first-order valence-corrected chi connectivity index (χ1v) is 13.6. The highest BCUT2D eigenvalue weighted by atomic mass is 32.2. The fourth-order valence-electron chi connectivity index (χ4n) is 2.83. The molecule has 0 aliphatic carbocycles. The number of carbonyl (C=O) groups is 1. The minimum atomic E-state index is -4.04. The number of ketones is 1. The summed E-state index contributed by atoms with van der Waals surface area (Å²) in [5.41, 5.74) is 5.51. The number of rotatable bonds is 13. The van der Waals surface area contributed by atoms with Gasteiger partial charge in [0.05, 0.1) is 17.6 Å². The van der Waals surface area contributed by atoms with Crippen molar-refractivity contribution in [3.8, 4) is 5.75 Å². The Labute approximate surface area is 186 Å². The molecule has 6 nitrogen and oxygen atoms in total. The Morgan fingerprint density at radius 2 is 2.03 bits per heavy atom. The predicted octanol–water partition coefficient (Wildman–Crippen LogP) is 4.73. The number of thioether (sulfide) groups is 1. The van der Waals surface area contributed by atoms with E-state index >= 15 is 0 Å². The molecule has 0 amide bonds. The van der Waals surface area contributed by atoms with E-state index in [1.165, 1.54) is 11.3 Å².